The van der Waals surface area contributed by atoms with E-state index in [2.05, 4.69) is 17.8 Å². The first-order valence-corrected chi connectivity index (χ1v) is 9.97. The number of ether oxygens (including phenoxy) is 2. The molecular formula is C25H23ClN2O3. The van der Waals surface area contributed by atoms with Gasteiger partial charge in [-0.3, -0.25) is 4.79 Å². The molecule has 0 aromatic heterocycles. The highest BCUT2D eigenvalue weighted by Crippen LogP contribution is 2.34. The van der Waals surface area contributed by atoms with Gasteiger partial charge in [0.1, 0.15) is 18.2 Å². The fraction of sp³-hybridized carbons (Fsp3) is 0.200. The summed E-state index contributed by atoms with van der Waals surface area (Å²) in [6.45, 7) is 7.98. The van der Waals surface area contributed by atoms with Gasteiger partial charge in [-0.05, 0) is 61.7 Å². The molecule has 0 heterocycles. The van der Waals surface area contributed by atoms with E-state index in [-0.39, 0.29) is 12.2 Å². The number of halogens is 1. The molecule has 5 nitrogen and oxygen atoms in total. The Labute approximate surface area is 187 Å². The minimum atomic E-state index is -0.543. The van der Waals surface area contributed by atoms with Crippen molar-refractivity contribution < 1.29 is 14.3 Å². The average molecular weight is 435 g/mol. The molecule has 1 N–H and O–H groups in total. The molecule has 158 valence electrons. The summed E-state index contributed by atoms with van der Waals surface area (Å²) < 4.78 is 11.4. The molecule has 0 saturated heterocycles. The van der Waals surface area contributed by atoms with Gasteiger partial charge in [0.25, 0.3) is 5.91 Å². The molecule has 31 heavy (non-hydrogen) atoms. The Morgan fingerprint density at radius 2 is 2.10 bits per heavy atom. The highest BCUT2D eigenvalue weighted by Gasteiger charge is 2.15. The van der Waals surface area contributed by atoms with Gasteiger partial charge >= 0.3 is 0 Å². The number of benzene rings is 2. The van der Waals surface area contributed by atoms with Gasteiger partial charge in [0.2, 0.25) is 0 Å². The second kappa shape index (κ2) is 11.5. The molecule has 2 aromatic carbocycles. The molecule has 0 atom stereocenters. The Morgan fingerprint density at radius 3 is 2.71 bits per heavy atom. The summed E-state index contributed by atoms with van der Waals surface area (Å²) in [5.41, 5.74) is 2.72. The van der Waals surface area contributed by atoms with Crippen molar-refractivity contribution in [3.63, 3.8) is 0 Å². The topological polar surface area (TPSA) is 71.3 Å². The van der Waals surface area contributed by atoms with Crippen LogP contribution < -0.4 is 14.8 Å². The van der Waals surface area contributed by atoms with Crippen LogP contribution in [0.3, 0.4) is 0 Å². The van der Waals surface area contributed by atoms with Crippen LogP contribution >= 0.6 is 11.6 Å². The molecule has 0 aliphatic carbocycles. The van der Waals surface area contributed by atoms with Gasteiger partial charge in [-0.15, -0.1) is 13.0 Å². The van der Waals surface area contributed by atoms with Crippen LogP contribution in [0.1, 0.15) is 23.6 Å². The van der Waals surface area contributed by atoms with Crippen LogP contribution in [-0.2, 0) is 11.2 Å². The number of nitrogens with zero attached hydrogens (tertiary/aromatic N) is 1. The molecule has 0 unspecified atom stereocenters. The van der Waals surface area contributed by atoms with E-state index in [1.807, 2.05) is 26.0 Å². The molecule has 2 rings (SSSR count). The van der Waals surface area contributed by atoms with Gasteiger partial charge in [0, 0.05) is 16.3 Å². The van der Waals surface area contributed by atoms with Gasteiger partial charge in [0.05, 0.1) is 6.61 Å². The van der Waals surface area contributed by atoms with Crippen LogP contribution in [0.4, 0.5) is 5.69 Å². The van der Waals surface area contributed by atoms with Crippen LogP contribution in [0.2, 0.25) is 5.02 Å². The van der Waals surface area contributed by atoms with Gasteiger partial charge < -0.3 is 14.8 Å². The van der Waals surface area contributed by atoms with Crippen molar-refractivity contribution in [3.8, 4) is 29.9 Å². The summed E-state index contributed by atoms with van der Waals surface area (Å²) in [5.74, 6) is 2.89. The average Bonchev–Trinajstić information content (AvgIpc) is 2.74. The van der Waals surface area contributed by atoms with Crippen molar-refractivity contribution >= 4 is 29.3 Å². The van der Waals surface area contributed by atoms with Crippen molar-refractivity contribution in [1.29, 1.82) is 5.26 Å². The summed E-state index contributed by atoms with van der Waals surface area (Å²) in [5, 5.41) is 12.8. The zero-order valence-electron chi connectivity index (χ0n) is 17.5. The lowest BCUT2D eigenvalue weighted by molar-refractivity contribution is -0.112. The molecule has 0 bridgehead atoms. The van der Waals surface area contributed by atoms with Gasteiger partial charge in [-0.1, -0.05) is 29.7 Å². The molecule has 0 aliphatic heterocycles. The monoisotopic (exact) mass is 434 g/mol. The Balaban J connectivity index is 2.42. The number of anilines is 1. The maximum absolute atomic E-state index is 12.6. The number of carbonyl (C=O) groups is 1. The van der Waals surface area contributed by atoms with Crippen molar-refractivity contribution in [2.75, 3.05) is 18.5 Å². The van der Waals surface area contributed by atoms with E-state index in [9.17, 15) is 10.1 Å². The molecule has 0 saturated carbocycles. The zero-order chi connectivity index (χ0) is 22.8. The lowest BCUT2D eigenvalue weighted by atomic mass is 10.0. The summed E-state index contributed by atoms with van der Waals surface area (Å²) in [4.78, 5) is 12.6. The Bertz CT molecular complexity index is 1090. The van der Waals surface area contributed by atoms with Crippen LogP contribution in [0, 0.1) is 30.6 Å². The molecular weight excluding hydrogens is 412 g/mol. The van der Waals surface area contributed by atoms with Crippen LogP contribution in [0.5, 0.6) is 11.5 Å². The lowest BCUT2D eigenvalue weighted by Crippen LogP contribution is -2.13. The number of hydrogen-bond donors (Lipinski definition) is 1. The minimum absolute atomic E-state index is 0.0685. The second-order valence-electron chi connectivity index (χ2n) is 6.51. The summed E-state index contributed by atoms with van der Waals surface area (Å²) in [6, 6.07) is 10.6. The Kier molecular flexibility index (Phi) is 8.76. The Morgan fingerprint density at radius 1 is 1.32 bits per heavy atom. The number of allylic oxidation sites excluding steroid dienone is 1. The van der Waals surface area contributed by atoms with E-state index in [0.29, 0.717) is 40.8 Å². The van der Waals surface area contributed by atoms with Gasteiger partial charge in [-0.25, -0.2) is 0 Å². The maximum atomic E-state index is 12.6. The highest BCUT2D eigenvalue weighted by molar-refractivity contribution is 6.31. The van der Waals surface area contributed by atoms with Crippen molar-refractivity contribution in [1.82, 2.24) is 0 Å². The van der Waals surface area contributed by atoms with Crippen LogP contribution in [-0.4, -0.2) is 19.1 Å². The molecule has 6 heteroatoms. The number of nitrogens with one attached hydrogen (secondary N) is 1. The number of rotatable bonds is 9. The normalized spacial score (nSPS) is 10.5. The third-order valence-electron chi connectivity index (χ3n) is 4.22. The van der Waals surface area contributed by atoms with Crippen molar-refractivity contribution in [3.05, 3.63) is 70.3 Å². The quantitative estimate of drug-likeness (QED) is 0.250. The fourth-order valence-corrected chi connectivity index (χ4v) is 2.98. The first kappa shape index (κ1) is 23.6. The fourth-order valence-electron chi connectivity index (χ4n) is 2.80. The number of nitriles is 1. The summed E-state index contributed by atoms with van der Waals surface area (Å²) in [7, 11) is 0. The molecule has 0 aliphatic rings. The predicted molar refractivity (Wildman–Crippen MR) is 124 cm³/mol. The number of hydrogen-bond acceptors (Lipinski definition) is 4. The number of terminal acetylenes is 1. The van der Waals surface area contributed by atoms with Crippen molar-refractivity contribution in [2.45, 2.75) is 20.3 Å². The number of amides is 1. The molecule has 0 spiro atoms. The third-order valence-corrected chi connectivity index (χ3v) is 4.63. The van der Waals surface area contributed by atoms with E-state index in [1.165, 1.54) is 6.08 Å². The maximum Gasteiger partial charge on any atom is 0.266 e. The van der Waals surface area contributed by atoms with Crippen LogP contribution in [0.25, 0.3) is 6.08 Å². The van der Waals surface area contributed by atoms with E-state index in [4.69, 9.17) is 27.5 Å². The molecule has 1 amide bonds. The molecule has 2 aromatic rings. The van der Waals surface area contributed by atoms with Gasteiger partial charge in [-0.2, -0.15) is 5.26 Å². The highest BCUT2D eigenvalue weighted by atomic mass is 35.5. The first-order valence-electron chi connectivity index (χ1n) is 9.59. The largest absolute Gasteiger partial charge is 0.490 e. The SMILES string of the molecule is C#CCOc1c(CC=C)cc(C=C(C#N)C(=O)Nc2ccc(C)c(Cl)c2)cc1OCC. The van der Waals surface area contributed by atoms with E-state index >= 15 is 0 Å². The van der Waals surface area contributed by atoms with Gasteiger partial charge in [0.15, 0.2) is 11.5 Å². The van der Waals surface area contributed by atoms with E-state index in [0.717, 1.165) is 11.1 Å². The van der Waals surface area contributed by atoms with E-state index < -0.39 is 5.91 Å². The van der Waals surface area contributed by atoms with Crippen molar-refractivity contribution in [2.24, 2.45) is 0 Å². The second-order valence-corrected chi connectivity index (χ2v) is 6.92. The smallest absolute Gasteiger partial charge is 0.266 e. The number of carbonyl (C=O) groups excluding carboxylic acids is 1. The minimum Gasteiger partial charge on any atom is -0.490 e. The van der Waals surface area contributed by atoms with E-state index in [1.54, 1.807) is 30.3 Å². The predicted octanol–water partition coefficient (Wildman–Crippen LogP) is 5.33. The summed E-state index contributed by atoms with van der Waals surface area (Å²) >= 11 is 6.11. The zero-order valence-corrected chi connectivity index (χ0v) is 18.3. The van der Waals surface area contributed by atoms with Crippen LogP contribution in [0.15, 0.2) is 48.6 Å². The molecule has 0 radical (unpaired) electrons. The Hall–Kier alpha value is -3.67. The lowest BCUT2D eigenvalue weighted by Gasteiger charge is -2.15. The number of aryl methyl sites for hydroxylation is 1. The summed E-state index contributed by atoms with van der Waals surface area (Å²) in [6.07, 6.45) is 9.03. The standard InChI is InChI=1S/C25H23ClN2O3/c1-5-8-19-12-18(14-23(30-7-3)24(19)31-11-6-2)13-20(16-27)25(29)28-21-10-9-17(4)22(26)15-21/h2,5,9-10,12-15H,1,7-8,11H2,3-4H3,(H,28,29). The third kappa shape index (κ3) is 6.40. The first-order chi connectivity index (χ1) is 14.9. The molecule has 0 fully saturated rings.